The Hall–Kier alpha value is -1.63. The van der Waals surface area contributed by atoms with E-state index in [4.69, 9.17) is 21.1 Å². The predicted octanol–water partition coefficient (Wildman–Crippen LogP) is 2.29. The number of ether oxygens (including phenoxy) is 2. The van der Waals surface area contributed by atoms with Gasteiger partial charge >= 0.3 is 0 Å². The molecule has 0 aliphatic heterocycles. The van der Waals surface area contributed by atoms with Gasteiger partial charge in [0.1, 0.15) is 13.2 Å². The SMILES string of the molecule is COCC(=O)Nc1ccc(Cl)c(NC(=O)COC(C)C)c1. The highest BCUT2D eigenvalue weighted by molar-refractivity contribution is 6.33. The second-order valence-electron chi connectivity index (χ2n) is 4.58. The molecule has 0 saturated carbocycles. The van der Waals surface area contributed by atoms with E-state index in [-0.39, 0.29) is 31.1 Å². The van der Waals surface area contributed by atoms with Crippen LogP contribution in [-0.4, -0.2) is 38.2 Å². The van der Waals surface area contributed by atoms with E-state index >= 15 is 0 Å². The summed E-state index contributed by atoms with van der Waals surface area (Å²) in [5.74, 6) is -0.605. The standard InChI is InChI=1S/C14H19ClN2O4/c1-9(2)21-8-14(19)17-12-6-10(4-5-11(12)15)16-13(18)7-20-3/h4-6,9H,7-8H2,1-3H3,(H,16,18)(H,17,19). The molecular weight excluding hydrogens is 296 g/mol. The van der Waals surface area contributed by atoms with Crippen LogP contribution in [0.4, 0.5) is 11.4 Å². The van der Waals surface area contributed by atoms with E-state index in [2.05, 4.69) is 10.6 Å². The summed E-state index contributed by atoms with van der Waals surface area (Å²) in [6.07, 6.45) is -0.0362. The molecule has 0 atom stereocenters. The first-order valence-corrected chi connectivity index (χ1v) is 6.80. The van der Waals surface area contributed by atoms with Gasteiger partial charge in [0.25, 0.3) is 0 Å². The molecule has 6 nitrogen and oxygen atoms in total. The number of amides is 2. The summed E-state index contributed by atoms with van der Waals surface area (Å²) in [7, 11) is 1.43. The number of carbonyl (C=O) groups is 2. The molecule has 0 aliphatic rings. The summed E-state index contributed by atoms with van der Waals surface area (Å²) in [5, 5.41) is 5.63. The molecular formula is C14H19ClN2O4. The molecule has 1 aromatic carbocycles. The summed E-state index contributed by atoms with van der Waals surface area (Å²) in [5.41, 5.74) is 0.922. The Labute approximate surface area is 128 Å². The van der Waals surface area contributed by atoms with Gasteiger partial charge in [-0.05, 0) is 32.0 Å². The van der Waals surface area contributed by atoms with Gasteiger partial charge in [0, 0.05) is 12.8 Å². The van der Waals surface area contributed by atoms with E-state index in [0.29, 0.717) is 16.4 Å². The zero-order valence-electron chi connectivity index (χ0n) is 12.2. The van der Waals surface area contributed by atoms with Crippen molar-refractivity contribution in [3.8, 4) is 0 Å². The molecule has 2 amide bonds. The Kier molecular flexibility index (Phi) is 7.14. The van der Waals surface area contributed by atoms with Crippen LogP contribution in [0.25, 0.3) is 0 Å². The molecule has 0 aromatic heterocycles. The maximum atomic E-state index is 11.7. The third kappa shape index (κ3) is 6.57. The lowest BCUT2D eigenvalue weighted by Crippen LogP contribution is -2.21. The van der Waals surface area contributed by atoms with E-state index in [1.807, 2.05) is 13.8 Å². The Balaban J connectivity index is 2.69. The summed E-state index contributed by atoms with van der Waals surface area (Å²) in [6.45, 7) is 3.57. The normalized spacial score (nSPS) is 10.5. The molecule has 0 heterocycles. The second-order valence-corrected chi connectivity index (χ2v) is 4.99. The number of nitrogens with one attached hydrogen (secondary N) is 2. The number of halogens is 1. The molecule has 1 rings (SSSR count). The summed E-state index contributed by atoms with van der Waals surface area (Å²) in [6, 6.07) is 4.79. The number of hydrogen-bond donors (Lipinski definition) is 2. The van der Waals surface area contributed by atoms with Crippen LogP contribution in [0.15, 0.2) is 18.2 Å². The topological polar surface area (TPSA) is 76.7 Å². The minimum Gasteiger partial charge on any atom is -0.375 e. The predicted molar refractivity (Wildman–Crippen MR) is 81.7 cm³/mol. The van der Waals surface area contributed by atoms with Crippen molar-refractivity contribution in [1.29, 1.82) is 0 Å². The number of benzene rings is 1. The Morgan fingerprint density at radius 2 is 1.86 bits per heavy atom. The van der Waals surface area contributed by atoms with Crippen molar-refractivity contribution in [1.82, 2.24) is 0 Å². The molecule has 0 fully saturated rings. The van der Waals surface area contributed by atoms with Gasteiger partial charge in [0.15, 0.2) is 0 Å². The van der Waals surface area contributed by atoms with Crippen LogP contribution < -0.4 is 10.6 Å². The van der Waals surface area contributed by atoms with Gasteiger partial charge in [-0.2, -0.15) is 0 Å². The molecule has 7 heteroatoms. The average molecular weight is 315 g/mol. The van der Waals surface area contributed by atoms with Crippen LogP contribution in [0.5, 0.6) is 0 Å². The van der Waals surface area contributed by atoms with E-state index in [9.17, 15) is 9.59 Å². The van der Waals surface area contributed by atoms with E-state index < -0.39 is 0 Å². The summed E-state index contributed by atoms with van der Waals surface area (Å²) in [4.78, 5) is 23.1. The first-order valence-electron chi connectivity index (χ1n) is 6.42. The van der Waals surface area contributed by atoms with Crippen molar-refractivity contribution in [2.75, 3.05) is 31.0 Å². The molecule has 0 unspecified atom stereocenters. The smallest absolute Gasteiger partial charge is 0.250 e. The maximum Gasteiger partial charge on any atom is 0.250 e. The van der Waals surface area contributed by atoms with E-state index in [0.717, 1.165) is 0 Å². The van der Waals surface area contributed by atoms with Gasteiger partial charge in [-0.15, -0.1) is 0 Å². The Bertz CT molecular complexity index is 506. The van der Waals surface area contributed by atoms with Crippen LogP contribution >= 0.6 is 11.6 Å². The Morgan fingerprint density at radius 3 is 2.48 bits per heavy atom. The van der Waals surface area contributed by atoms with E-state index in [1.165, 1.54) is 7.11 Å². The van der Waals surface area contributed by atoms with Gasteiger partial charge in [0.05, 0.1) is 16.8 Å². The molecule has 0 radical (unpaired) electrons. The van der Waals surface area contributed by atoms with Crippen LogP contribution in [-0.2, 0) is 19.1 Å². The number of rotatable bonds is 7. The number of anilines is 2. The van der Waals surface area contributed by atoms with Crippen molar-refractivity contribution in [2.24, 2.45) is 0 Å². The lowest BCUT2D eigenvalue weighted by molar-refractivity contribution is -0.122. The summed E-state index contributed by atoms with van der Waals surface area (Å²) < 4.78 is 9.93. The first kappa shape index (κ1) is 17.4. The fourth-order valence-electron chi connectivity index (χ4n) is 1.46. The maximum absolute atomic E-state index is 11.7. The monoisotopic (exact) mass is 314 g/mol. The lowest BCUT2D eigenvalue weighted by atomic mass is 10.2. The summed E-state index contributed by atoms with van der Waals surface area (Å²) >= 11 is 6.01. The Morgan fingerprint density at radius 1 is 1.19 bits per heavy atom. The van der Waals surface area contributed by atoms with Crippen molar-refractivity contribution in [2.45, 2.75) is 20.0 Å². The fraction of sp³-hybridized carbons (Fsp3) is 0.429. The van der Waals surface area contributed by atoms with Crippen molar-refractivity contribution in [3.63, 3.8) is 0 Å². The molecule has 0 bridgehead atoms. The third-order valence-electron chi connectivity index (χ3n) is 2.35. The zero-order valence-corrected chi connectivity index (χ0v) is 13.0. The van der Waals surface area contributed by atoms with Gasteiger partial charge in [-0.3, -0.25) is 9.59 Å². The van der Waals surface area contributed by atoms with Crippen LogP contribution in [0.1, 0.15) is 13.8 Å². The number of methoxy groups -OCH3 is 1. The highest BCUT2D eigenvalue weighted by Crippen LogP contribution is 2.25. The zero-order chi connectivity index (χ0) is 15.8. The van der Waals surface area contributed by atoms with Gasteiger partial charge in [0.2, 0.25) is 11.8 Å². The molecule has 2 N–H and O–H groups in total. The van der Waals surface area contributed by atoms with Gasteiger partial charge in [-0.1, -0.05) is 11.6 Å². The quantitative estimate of drug-likeness (QED) is 0.809. The van der Waals surface area contributed by atoms with Crippen molar-refractivity contribution >= 4 is 34.8 Å². The van der Waals surface area contributed by atoms with Gasteiger partial charge in [-0.25, -0.2) is 0 Å². The highest BCUT2D eigenvalue weighted by Gasteiger charge is 2.09. The minimum absolute atomic E-state index is 0.0362. The number of carbonyl (C=O) groups excluding carboxylic acids is 2. The largest absolute Gasteiger partial charge is 0.375 e. The first-order chi connectivity index (χ1) is 9.92. The van der Waals surface area contributed by atoms with Crippen LogP contribution in [0, 0.1) is 0 Å². The van der Waals surface area contributed by atoms with Crippen molar-refractivity contribution in [3.05, 3.63) is 23.2 Å². The molecule has 0 spiro atoms. The minimum atomic E-state index is -0.314. The highest BCUT2D eigenvalue weighted by atomic mass is 35.5. The van der Waals surface area contributed by atoms with Gasteiger partial charge < -0.3 is 20.1 Å². The van der Waals surface area contributed by atoms with E-state index in [1.54, 1.807) is 18.2 Å². The second kappa shape index (κ2) is 8.61. The molecule has 0 aliphatic carbocycles. The molecule has 1 aromatic rings. The third-order valence-corrected chi connectivity index (χ3v) is 2.68. The number of hydrogen-bond acceptors (Lipinski definition) is 4. The van der Waals surface area contributed by atoms with Crippen LogP contribution in [0.3, 0.4) is 0 Å². The lowest BCUT2D eigenvalue weighted by Gasteiger charge is -2.11. The molecule has 21 heavy (non-hydrogen) atoms. The fourth-order valence-corrected chi connectivity index (χ4v) is 1.62. The molecule has 0 saturated heterocycles. The van der Waals surface area contributed by atoms with Crippen molar-refractivity contribution < 1.29 is 19.1 Å². The average Bonchev–Trinajstić information content (AvgIpc) is 2.40. The molecule has 116 valence electrons. The van der Waals surface area contributed by atoms with Crippen LogP contribution in [0.2, 0.25) is 5.02 Å².